The number of Topliss-reactive ketones (excluding diaryl/α,β-unsaturated/α-hetero) is 1. The molecule has 0 bridgehead atoms. The zero-order chi connectivity index (χ0) is 23.5. The topological polar surface area (TPSA) is 52.9 Å². The Hall–Kier alpha value is -3.77. The number of ketones is 1. The largest absolute Gasteiger partial charge is 0.457 e. The molecule has 0 N–H and O–H groups in total. The van der Waals surface area contributed by atoms with Crippen molar-refractivity contribution >= 4 is 16.7 Å². The minimum atomic E-state index is 0.0439. The average Bonchev–Trinajstić information content (AvgIpc) is 3.46. The Morgan fingerprint density at radius 3 is 2.56 bits per heavy atom. The van der Waals surface area contributed by atoms with E-state index in [1.54, 1.807) is 0 Å². The molecule has 2 heterocycles. The van der Waals surface area contributed by atoms with Crippen LogP contribution in [0.4, 0.5) is 0 Å². The maximum atomic E-state index is 12.7. The first kappa shape index (κ1) is 22.0. The summed E-state index contributed by atoms with van der Waals surface area (Å²) in [5.41, 5.74) is 2.75. The molecule has 1 aliphatic rings. The lowest BCUT2D eigenvalue weighted by molar-refractivity contribution is 0.0993. The van der Waals surface area contributed by atoms with E-state index >= 15 is 0 Å². The van der Waals surface area contributed by atoms with Crippen LogP contribution in [0.3, 0.4) is 0 Å². The number of hydrogen-bond acceptors (Lipinski definition) is 5. The highest BCUT2D eigenvalue weighted by atomic mass is 16.7. The molecule has 0 unspecified atom stereocenters. The predicted octanol–water partition coefficient (Wildman–Crippen LogP) is 5.54. The number of ether oxygens (including phenoxy) is 3. The van der Waals surface area contributed by atoms with E-state index in [9.17, 15) is 4.79 Å². The van der Waals surface area contributed by atoms with Gasteiger partial charge in [-0.1, -0.05) is 6.07 Å². The Labute approximate surface area is 199 Å². The van der Waals surface area contributed by atoms with Gasteiger partial charge < -0.3 is 23.7 Å². The normalized spacial score (nSPS) is 12.4. The number of hydrogen-bond donors (Lipinski definition) is 0. The van der Waals surface area contributed by atoms with Crippen molar-refractivity contribution < 1.29 is 19.0 Å². The molecule has 0 aliphatic carbocycles. The summed E-state index contributed by atoms with van der Waals surface area (Å²) in [6, 6.07) is 21.2. The van der Waals surface area contributed by atoms with Crippen LogP contribution in [-0.2, 0) is 13.0 Å². The maximum Gasteiger partial charge on any atom is 0.231 e. The van der Waals surface area contributed by atoms with Gasteiger partial charge in [-0.05, 0) is 93.3 Å². The monoisotopic (exact) mass is 456 g/mol. The standard InChI is InChI=1S/C28H28N2O4/c1-29(2)13-3-14-30-15-12-22-18-24(9-10-25(22)30)34-23-7-5-21(6-8-23)26(31)16-20-4-11-27-28(17-20)33-19-32-27/h4-12,15,17-18H,3,13-14,16,19H2,1-2H3. The summed E-state index contributed by atoms with van der Waals surface area (Å²) >= 11 is 0. The minimum Gasteiger partial charge on any atom is -0.457 e. The first-order valence-electron chi connectivity index (χ1n) is 11.5. The summed E-state index contributed by atoms with van der Waals surface area (Å²) in [6.45, 7) is 2.28. The lowest BCUT2D eigenvalue weighted by atomic mass is 10.0. The fraction of sp³-hybridized carbons (Fsp3) is 0.250. The van der Waals surface area contributed by atoms with E-state index in [1.807, 2.05) is 48.5 Å². The van der Waals surface area contributed by atoms with Crippen molar-refractivity contribution in [1.82, 2.24) is 9.47 Å². The van der Waals surface area contributed by atoms with E-state index in [0.29, 0.717) is 23.5 Å². The second kappa shape index (κ2) is 9.61. The molecule has 0 saturated carbocycles. The van der Waals surface area contributed by atoms with Gasteiger partial charge in [0.2, 0.25) is 6.79 Å². The Balaban J connectivity index is 1.22. The molecule has 4 aromatic rings. The summed E-state index contributed by atoms with van der Waals surface area (Å²) in [4.78, 5) is 14.9. The van der Waals surface area contributed by atoms with Crippen molar-refractivity contribution in [1.29, 1.82) is 0 Å². The molecule has 0 fully saturated rings. The number of nitrogens with zero attached hydrogens (tertiary/aromatic N) is 2. The predicted molar refractivity (Wildman–Crippen MR) is 132 cm³/mol. The first-order valence-corrected chi connectivity index (χ1v) is 11.5. The van der Waals surface area contributed by atoms with Crippen LogP contribution in [0.5, 0.6) is 23.0 Å². The van der Waals surface area contributed by atoms with Gasteiger partial charge in [-0.15, -0.1) is 0 Å². The van der Waals surface area contributed by atoms with Crippen LogP contribution in [-0.4, -0.2) is 42.7 Å². The van der Waals surface area contributed by atoms with Crippen LogP contribution in [0.1, 0.15) is 22.3 Å². The van der Waals surface area contributed by atoms with Gasteiger partial charge in [0, 0.05) is 35.6 Å². The van der Waals surface area contributed by atoms with E-state index in [4.69, 9.17) is 14.2 Å². The molecule has 1 aliphatic heterocycles. The summed E-state index contributed by atoms with van der Waals surface area (Å²) in [6.07, 6.45) is 3.54. The molecule has 1 aromatic heterocycles. The zero-order valence-corrected chi connectivity index (χ0v) is 19.5. The number of aromatic nitrogens is 1. The van der Waals surface area contributed by atoms with Gasteiger partial charge in [0.25, 0.3) is 0 Å². The van der Waals surface area contributed by atoms with E-state index in [-0.39, 0.29) is 12.6 Å². The number of benzene rings is 3. The molecular weight excluding hydrogens is 428 g/mol. The van der Waals surface area contributed by atoms with Crippen LogP contribution in [0, 0.1) is 0 Å². The van der Waals surface area contributed by atoms with Crippen molar-refractivity contribution in [3.8, 4) is 23.0 Å². The number of carbonyl (C=O) groups is 1. The van der Waals surface area contributed by atoms with E-state index in [2.05, 4.69) is 48.0 Å². The molecule has 0 atom stereocenters. The number of carbonyl (C=O) groups excluding carboxylic acids is 1. The highest BCUT2D eigenvalue weighted by Gasteiger charge is 2.15. The molecule has 174 valence electrons. The van der Waals surface area contributed by atoms with Crippen molar-refractivity contribution in [2.45, 2.75) is 19.4 Å². The zero-order valence-electron chi connectivity index (χ0n) is 19.5. The van der Waals surface area contributed by atoms with Crippen LogP contribution >= 0.6 is 0 Å². The smallest absolute Gasteiger partial charge is 0.231 e. The van der Waals surface area contributed by atoms with E-state index in [0.717, 1.165) is 42.0 Å². The third kappa shape index (κ3) is 4.92. The maximum absolute atomic E-state index is 12.7. The van der Waals surface area contributed by atoms with Gasteiger partial charge in [-0.25, -0.2) is 0 Å². The second-order valence-electron chi connectivity index (χ2n) is 8.80. The van der Waals surface area contributed by atoms with Gasteiger partial charge in [0.05, 0.1) is 0 Å². The summed E-state index contributed by atoms with van der Waals surface area (Å²) < 4.78 is 19.1. The van der Waals surface area contributed by atoms with Crippen molar-refractivity contribution in [3.63, 3.8) is 0 Å². The Morgan fingerprint density at radius 2 is 1.74 bits per heavy atom. The third-order valence-electron chi connectivity index (χ3n) is 5.96. The quantitative estimate of drug-likeness (QED) is 0.310. The van der Waals surface area contributed by atoms with Crippen LogP contribution in [0.2, 0.25) is 0 Å². The van der Waals surface area contributed by atoms with Crippen LogP contribution < -0.4 is 14.2 Å². The third-order valence-corrected chi connectivity index (χ3v) is 5.96. The van der Waals surface area contributed by atoms with Gasteiger partial charge in [0.15, 0.2) is 17.3 Å². The Kier molecular flexibility index (Phi) is 6.23. The summed E-state index contributed by atoms with van der Waals surface area (Å²) in [5, 5.41) is 1.15. The van der Waals surface area contributed by atoms with Crippen LogP contribution in [0.25, 0.3) is 10.9 Å². The molecule has 0 saturated heterocycles. The van der Waals surface area contributed by atoms with E-state index in [1.165, 1.54) is 5.52 Å². The van der Waals surface area contributed by atoms with E-state index < -0.39 is 0 Å². The summed E-state index contributed by atoms with van der Waals surface area (Å²) in [5.74, 6) is 2.93. The lowest BCUT2D eigenvalue weighted by Gasteiger charge is -2.11. The highest BCUT2D eigenvalue weighted by molar-refractivity contribution is 5.97. The lowest BCUT2D eigenvalue weighted by Crippen LogP contribution is -2.14. The van der Waals surface area contributed by atoms with Crippen LogP contribution in [0.15, 0.2) is 72.9 Å². The molecule has 6 nitrogen and oxygen atoms in total. The Morgan fingerprint density at radius 1 is 0.941 bits per heavy atom. The fourth-order valence-electron chi connectivity index (χ4n) is 4.18. The van der Waals surface area contributed by atoms with Crippen molar-refractivity contribution in [2.75, 3.05) is 27.4 Å². The SMILES string of the molecule is CN(C)CCCn1ccc2cc(Oc3ccc(C(=O)Cc4ccc5c(c4)OCO5)cc3)ccc21. The molecule has 0 radical (unpaired) electrons. The van der Waals surface area contributed by atoms with Gasteiger partial charge in [-0.3, -0.25) is 4.79 Å². The number of aryl methyl sites for hydroxylation is 1. The second-order valence-corrected chi connectivity index (χ2v) is 8.80. The first-order chi connectivity index (χ1) is 16.5. The molecule has 0 spiro atoms. The number of fused-ring (bicyclic) bond motifs is 2. The van der Waals surface area contributed by atoms with Gasteiger partial charge in [-0.2, -0.15) is 0 Å². The minimum absolute atomic E-state index is 0.0439. The van der Waals surface area contributed by atoms with Gasteiger partial charge in [0.1, 0.15) is 11.5 Å². The van der Waals surface area contributed by atoms with Gasteiger partial charge >= 0.3 is 0 Å². The Bertz CT molecular complexity index is 1310. The molecule has 3 aromatic carbocycles. The molecule has 34 heavy (non-hydrogen) atoms. The number of rotatable bonds is 9. The fourth-order valence-corrected chi connectivity index (χ4v) is 4.18. The molecule has 6 heteroatoms. The molecule has 5 rings (SSSR count). The molecular formula is C28H28N2O4. The molecule has 0 amide bonds. The summed E-state index contributed by atoms with van der Waals surface area (Å²) in [7, 11) is 4.19. The average molecular weight is 457 g/mol. The van der Waals surface area contributed by atoms with Crippen molar-refractivity contribution in [3.05, 3.63) is 84.1 Å². The van der Waals surface area contributed by atoms with Crippen molar-refractivity contribution in [2.24, 2.45) is 0 Å². The highest BCUT2D eigenvalue weighted by Crippen LogP contribution is 2.33.